The molecule has 0 atom stereocenters. The maximum absolute atomic E-state index is 9.93. The molecular formula is C30H18O2. The van der Waals surface area contributed by atoms with Gasteiger partial charge < -0.3 is 10.2 Å². The van der Waals surface area contributed by atoms with E-state index in [-0.39, 0.29) is 11.5 Å². The van der Waals surface area contributed by atoms with Crippen LogP contribution in [0.1, 0.15) is 33.4 Å². The first-order valence-electron chi connectivity index (χ1n) is 10.0. The van der Waals surface area contributed by atoms with Gasteiger partial charge in [-0.15, -0.1) is 0 Å². The molecule has 0 heterocycles. The van der Waals surface area contributed by atoms with Gasteiger partial charge in [0.15, 0.2) is 0 Å². The van der Waals surface area contributed by atoms with Crippen molar-refractivity contribution in [1.82, 2.24) is 0 Å². The minimum atomic E-state index is 0.153. The first kappa shape index (κ1) is 20.4. The molecule has 2 nitrogen and oxygen atoms in total. The van der Waals surface area contributed by atoms with Gasteiger partial charge in [-0.1, -0.05) is 84.1 Å². The Morgan fingerprint density at radius 1 is 0.312 bits per heavy atom. The minimum Gasteiger partial charge on any atom is -0.507 e. The van der Waals surface area contributed by atoms with Crippen LogP contribution in [0.3, 0.4) is 0 Å². The average molecular weight is 410 g/mol. The Morgan fingerprint density at radius 2 is 0.531 bits per heavy atom. The first-order chi connectivity index (χ1) is 15.7. The molecule has 32 heavy (non-hydrogen) atoms. The molecular weight excluding hydrogens is 392 g/mol. The topological polar surface area (TPSA) is 40.5 Å². The van der Waals surface area contributed by atoms with Crippen molar-refractivity contribution in [3.8, 4) is 47.0 Å². The van der Waals surface area contributed by atoms with Crippen molar-refractivity contribution in [2.75, 3.05) is 0 Å². The van der Waals surface area contributed by atoms with E-state index < -0.39 is 0 Å². The number of phenols is 2. The molecule has 4 rings (SSSR count). The Bertz CT molecular complexity index is 1350. The lowest BCUT2D eigenvalue weighted by atomic mass is 10.0. The maximum Gasteiger partial charge on any atom is 0.131 e. The second kappa shape index (κ2) is 9.77. The van der Waals surface area contributed by atoms with Gasteiger partial charge in [-0.05, 0) is 48.5 Å². The summed E-state index contributed by atoms with van der Waals surface area (Å²) in [5.74, 6) is 18.9. The highest BCUT2D eigenvalue weighted by molar-refractivity contribution is 5.59. The monoisotopic (exact) mass is 410 g/mol. The Labute approximate surface area is 187 Å². The van der Waals surface area contributed by atoms with Crippen LogP contribution >= 0.6 is 0 Å². The van der Waals surface area contributed by atoms with Crippen molar-refractivity contribution in [3.63, 3.8) is 0 Å². The van der Waals surface area contributed by atoms with Crippen molar-refractivity contribution >= 4 is 0 Å². The third-order valence-corrected chi connectivity index (χ3v) is 4.66. The van der Waals surface area contributed by atoms with Crippen LogP contribution in [0.4, 0.5) is 0 Å². The normalized spacial score (nSPS) is 9.38. The van der Waals surface area contributed by atoms with E-state index in [1.165, 1.54) is 0 Å². The fourth-order valence-corrected chi connectivity index (χ4v) is 2.96. The Morgan fingerprint density at radius 3 is 0.812 bits per heavy atom. The molecule has 0 aliphatic rings. The van der Waals surface area contributed by atoms with Crippen LogP contribution in [-0.2, 0) is 0 Å². The molecule has 0 radical (unpaired) electrons. The molecule has 0 saturated carbocycles. The highest BCUT2D eigenvalue weighted by Crippen LogP contribution is 2.16. The van der Waals surface area contributed by atoms with Crippen LogP contribution in [0.25, 0.3) is 0 Å². The first-order valence-corrected chi connectivity index (χ1v) is 10.0. The van der Waals surface area contributed by atoms with Crippen LogP contribution in [0.5, 0.6) is 11.5 Å². The summed E-state index contributed by atoms with van der Waals surface area (Å²) in [5.41, 5.74) is 4.28. The van der Waals surface area contributed by atoms with Gasteiger partial charge in [0.2, 0.25) is 0 Å². The molecule has 0 aliphatic carbocycles. The lowest BCUT2D eigenvalue weighted by Gasteiger charge is -1.98. The van der Waals surface area contributed by atoms with Crippen molar-refractivity contribution in [3.05, 3.63) is 130 Å². The van der Waals surface area contributed by atoms with E-state index in [0.29, 0.717) is 11.1 Å². The molecule has 4 aromatic carbocycles. The van der Waals surface area contributed by atoms with Gasteiger partial charge >= 0.3 is 0 Å². The molecule has 0 aromatic heterocycles. The van der Waals surface area contributed by atoms with Crippen LogP contribution < -0.4 is 0 Å². The predicted molar refractivity (Wildman–Crippen MR) is 127 cm³/mol. The molecule has 0 spiro atoms. The summed E-state index contributed by atoms with van der Waals surface area (Å²) in [5, 5.41) is 19.9. The SMILES string of the molecule is Oc1ccccc1C#Cc1ccccc1C#Cc1ccccc1C#Cc1ccccc1O. The van der Waals surface area contributed by atoms with E-state index in [1.807, 2.05) is 60.7 Å². The number of rotatable bonds is 0. The van der Waals surface area contributed by atoms with Gasteiger partial charge in [0.1, 0.15) is 11.5 Å². The molecule has 0 unspecified atom stereocenters. The van der Waals surface area contributed by atoms with Gasteiger partial charge in [-0.3, -0.25) is 0 Å². The fraction of sp³-hybridized carbons (Fsp3) is 0. The van der Waals surface area contributed by atoms with E-state index in [9.17, 15) is 10.2 Å². The average Bonchev–Trinajstić information content (AvgIpc) is 2.83. The third kappa shape index (κ3) is 5.01. The summed E-state index contributed by atoms with van der Waals surface area (Å²) in [6, 6.07) is 29.3. The van der Waals surface area contributed by atoms with Gasteiger partial charge in [0.05, 0.1) is 11.1 Å². The van der Waals surface area contributed by atoms with E-state index in [2.05, 4.69) is 35.5 Å². The molecule has 150 valence electrons. The van der Waals surface area contributed by atoms with Gasteiger partial charge in [-0.25, -0.2) is 0 Å². The zero-order valence-corrected chi connectivity index (χ0v) is 17.1. The van der Waals surface area contributed by atoms with Crippen molar-refractivity contribution in [2.45, 2.75) is 0 Å². The second-order valence-corrected chi connectivity index (χ2v) is 6.88. The van der Waals surface area contributed by atoms with E-state index >= 15 is 0 Å². The highest BCUT2D eigenvalue weighted by atomic mass is 16.3. The molecule has 2 N–H and O–H groups in total. The molecule has 0 bridgehead atoms. The summed E-state index contributed by atoms with van der Waals surface area (Å²) >= 11 is 0. The van der Waals surface area contributed by atoms with Crippen LogP contribution in [0.2, 0.25) is 0 Å². The van der Waals surface area contributed by atoms with Crippen LogP contribution in [0, 0.1) is 35.5 Å². The van der Waals surface area contributed by atoms with E-state index in [1.54, 1.807) is 36.4 Å². The molecule has 0 fully saturated rings. The summed E-state index contributed by atoms with van der Waals surface area (Å²) in [6.07, 6.45) is 0. The highest BCUT2D eigenvalue weighted by Gasteiger charge is 2.00. The quantitative estimate of drug-likeness (QED) is 0.387. The van der Waals surface area contributed by atoms with Crippen LogP contribution in [-0.4, -0.2) is 10.2 Å². The van der Waals surface area contributed by atoms with Crippen molar-refractivity contribution in [1.29, 1.82) is 0 Å². The zero-order chi connectivity index (χ0) is 22.2. The van der Waals surface area contributed by atoms with E-state index in [0.717, 1.165) is 22.3 Å². The summed E-state index contributed by atoms with van der Waals surface area (Å²) in [7, 11) is 0. The molecule has 0 saturated heterocycles. The number of benzene rings is 4. The number of aromatic hydroxyl groups is 2. The predicted octanol–water partition coefficient (Wildman–Crippen LogP) is 5.30. The number of para-hydroxylation sites is 2. The van der Waals surface area contributed by atoms with Gasteiger partial charge in [-0.2, -0.15) is 0 Å². The molecule has 4 aromatic rings. The lowest BCUT2D eigenvalue weighted by molar-refractivity contribution is 0.473. The van der Waals surface area contributed by atoms with Gasteiger partial charge in [0, 0.05) is 22.3 Å². The lowest BCUT2D eigenvalue weighted by Crippen LogP contribution is -1.86. The summed E-state index contributed by atoms with van der Waals surface area (Å²) in [6.45, 7) is 0. The summed E-state index contributed by atoms with van der Waals surface area (Å²) < 4.78 is 0. The Kier molecular flexibility index (Phi) is 6.24. The summed E-state index contributed by atoms with van der Waals surface area (Å²) in [4.78, 5) is 0. The number of hydrogen-bond donors (Lipinski definition) is 2. The molecule has 0 amide bonds. The second-order valence-electron chi connectivity index (χ2n) is 6.88. The third-order valence-electron chi connectivity index (χ3n) is 4.66. The fourth-order valence-electron chi connectivity index (χ4n) is 2.96. The number of phenolic OH excluding ortho intramolecular Hbond substituents is 2. The van der Waals surface area contributed by atoms with Gasteiger partial charge in [0.25, 0.3) is 0 Å². The van der Waals surface area contributed by atoms with Crippen molar-refractivity contribution < 1.29 is 10.2 Å². The largest absolute Gasteiger partial charge is 0.507 e. The number of hydrogen-bond acceptors (Lipinski definition) is 2. The Hall–Kier alpha value is -4.84. The maximum atomic E-state index is 9.93. The van der Waals surface area contributed by atoms with Crippen LogP contribution in [0.15, 0.2) is 97.1 Å². The molecule has 0 aliphatic heterocycles. The van der Waals surface area contributed by atoms with Crippen molar-refractivity contribution in [2.24, 2.45) is 0 Å². The Balaban J connectivity index is 1.67. The minimum absolute atomic E-state index is 0.153. The smallest absolute Gasteiger partial charge is 0.131 e. The molecule has 2 heteroatoms. The zero-order valence-electron chi connectivity index (χ0n) is 17.1. The van der Waals surface area contributed by atoms with E-state index in [4.69, 9.17) is 0 Å². The standard InChI is InChI=1S/C30H18O2/c31-29-15-7-5-13-27(29)21-19-25-11-3-1-9-23(25)17-18-24-10-2-4-12-26(24)20-22-28-14-6-8-16-30(28)32/h1-16,31-32H.